The van der Waals surface area contributed by atoms with E-state index < -0.39 is 47.7 Å². The Morgan fingerprint density at radius 3 is 2.37 bits per heavy atom. The van der Waals surface area contributed by atoms with Gasteiger partial charge in [0.2, 0.25) is 5.91 Å². The summed E-state index contributed by atoms with van der Waals surface area (Å²) in [6, 6.07) is -0.935. The van der Waals surface area contributed by atoms with Gasteiger partial charge in [0.05, 0.1) is 13.0 Å². The van der Waals surface area contributed by atoms with E-state index in [1.165, 1.54) is 24.9 Å². The Kier molecular flexibility index (Phi) is 10.1. The number of aromatic nitrogens is 2. The number of alkyl carbamates (subject to hydrolysis) is 1. The zero-order valence-electron chi connectivity index (χ0n) is 21.6. The molecule has 0 radical (unpaired) electrons. The Labute approximate surface area is 212 Å². The molecule has 1 aliphatic rings. The van der Waals surface area contributed by atoms with Gasteiger partial charge in [0.1, 0.15) is 18.0 Å². The molecule has 2 N–H and O–H groups in total. The topological polar surface area (TPSA) is 121 Å². The summed E-state index contributed by atoms with van der Waals surface area (Å²) in [6.07, 6.45) is 5.12. The first-order chi connectivity index (χ1) is 16.4. The van der Waals surface area contributed by atoms with Crippen LogP contribution in [0, 0.1) is 17.8 Å². The molecule has 1 heterocycles. The number of hydrogen-bond acceptors (Lipinski definition) is 8. The summed E-state index contributed by atoms with van der Waals surface area (Å²) in [7, 11) is 1.31. The maximum Gasteiger partial charge on any atom is 0.407 e. The molecule has 196 valence electrons. The number of carbonyl (C=O) groups excluding carboxylic acids is 3. The summed E-state index contributed by atoms with van der Waals surface area (Å²) < 4.78 is 18.3. The minimum absolute atomic E-state index is 0.0659. The summed E-state index contributed by atoms with van der Waals surface area (Å²) >= 11 is 5.48. The summed E-state index contributed by atoms with van der Waals surface area (Å²) in [4.78, 5) is 41.9. The Balaban J connectivity index is 2.52. The van der Waals surface area contributed by atoms with Crippen molar-refractivity contribution in [3.63, 3.8) is 0 Å². The molecule has 1 aliphatic carbocycles. The van der Waals surface area contributed by atoms with Crippen LogP contribution in [0.25, 0.3) is 0 Å². The number of nitrogens with one attached hydrogen (secondary N) is 2. The number of esters is 1. The molecule has 2 rings (SSSR count). The third kappa shape index (κ3) is 7.65. The molecule has 0 aliphatic heterocycles. The number of rotatable bonds is 8. The highest BCUT2D eigenvalue weighted by Gasteiger charge is 2.54. The van der Waals surface area contributed by atoms with Crippen LogP contribution >= 0.6 is 12.2 Å². The molecule has 35 heavy (non-hydrogen) atoms. The number of thiocarbonyl (C=S) groups is 1. The first kappa shape index (κ1) is 28.5. The second-order valence-corrected chi connectivity index (χ2v) is 10.2. The van der Waals surface area contributed by atoms with Gasteiger partial charge in [0, 0.05) is 37.3 Å². The lowest BCUT2D eigenvalue weighted by molar-refractivity contribution is -0.148. The van der Waals surface area contributed by atoms with Gasteiger partial charge in [-0.05, 0) is 45.3 Å². The summed E-state index contributed by atoms with van der Waals surface area (Å²) in [5, 5.41) is 6.10. The van der Waals surface area contributed by atoms with Gasteiger partial charge in [-0.1, -0.05) is 26.7 Å². The van der Waals surface area contributed by atoms with Gasteiger partial charge in [-0.15, -0.1) is 0 Å². The molecule has 11 heteroatoms. The number of methoxy groups -OCH3 is 1. The lowest BCUT2D eigenvalue weighted by atomic mass is 9.80. The molecule has 0 spiro atoms. The minimum atomic E-state index is -0.769. The van der Waals surface area contributed by atoms with Crippen molar-refractivity contribution < 1.29 is 28.6 Å². The van der Waals surface area contributed by atoms with Crippen molar-refractivity contribution >= 4 is 35.4 Å². The molecule has 1 aromatic rings. The maximum atomic E-state index is 12.9. The maximum absolute atomic E-state index is 12.9. The highest BCUT2D eigenvalue weighted by molar-refractivity contribution is 7.80. The van der Waals surface area contributed by atoms with Crippen LogP contribution in [0.1, 0.15) is 60.8 Å². The van der Waals surface area contributed by atoms with Crippen LogP contribution in [0.5, 0.6) is 0 Å². The van der Waals surface area contributed by atoms with Crippen LogP contribution in [0.15, 0.2) is 18.7 Å². The van der Waals surface area contributed by atoms with Crippen LogP contribution in [-0.4, -0.2) is 63.6 Å². The molecule has 2 amide bonds. The predicted molar refractivity (Wildman–Crippen MR) is 134 cm³/mol. The van der Waals surface area contributed by atoms with Crippen LogP contribution < -0.4 is 10.6 Å². The number of ether oxygens (including phenoxy) is 3. The van der Waals surface area contributed by atoms with E-state index in [1.54, 1.807) is 33.2 Å². The molecule has 0 saturated heterocycles. The standard InChI is InChI=1S/C24H38N4O6S/c1-8-15(9-2)19(26-14(3)29)18-17(27-22(31)34-24(4,5)6)12-16(21(30)32-7)20(18)33-23(35)28-11-10-25-13-28/h10-11,13,15-20H,8-9,12H2,1-7H3,(H,26,29)(H,27,31)/t16-,17+,18+,19?,20+/m0/s1. The fourth-order valence-electron chi connectivity index (χ4n) is 4.78. The molecule has 1 aromatic heterocycles. The van der Waals surface area contributed by atoms with E-state index in [9.17, 15) is 14.4 Å². The molecular weight excluding hydrogens is 472 g/mol. The largest absolute Gasteiger partial charge is 0.469 e. The average Bonchev–Trinajstić information content (AvgIpc) is 3.40. The van der Waals surface area contributed by atoms with Crippen molar-refractivity contribution in [1.82, 2.24) is 20.2 Å². The Hall–Kier alpha value is -2.69. The molecule has 0 aromatic carbocycles. The second-order valence-electron chi connectivity index (χ2n) is 9.82. The lowest BCUT2D eigenvalue weighted by Crippen LogP contribution is -2.55. The van der Waals surface area contributed by atoms with Gasteiger partial charge < -0.3 is 24.8 Å². The lowest BCUT2D eigenvalue weighted by Gasteiger charge is -2.38. The smallest absolute Gasteiger partial charge is 0.407 e. The number of hydrogen-bond donors (Lipinski definition) is 2. The quantitative estimate of drug-likeness (QED) is 0.404. The van der Waals surface area contributed by atoms with Crippen LogP contribution in [0.2, 0.25) is 0 Å². The van der Waals surface area contributed by atoms with Crippen molar-refractivity contribution in [1.29, 1.82) is 0 Å². The third-order valence-electron chi connectivity index (χ3n) is 6.25. The SMILES string of the molecule is CCC(CC)C(NC(C)=O)[C@@H]1[C@H](OC(=S)n2ccnc2)[C@@H](C(=O)OC)C[C@H]1NC(=O)OC(C)(C)C. The molecule has 1 saturated carbocycles. The van der Waals surface area contributed by atoms with Gasteiger partial charge in [-0.3, -0.25) is 14.2 Å². The number of imidazole rings is 1. The van der Waals surface area contributed by atoms with Crippen molar-refractivity contribution in [3.8, 4) is 0 Å². The van der Waals surface area contributed by atoms with E-state index in [2.05, 4.69) is 15.6 Å². The fourth-order valence-corrected chi connectivity index (χ4v) is 5.00. The highest BCUT2D eigenvalue weighted by Crippen LogP contribution is 2.40. The van der Waals surface area contributed by atoms with Crippen molar-refractivity contribution in [3.05, 3.63) is 18.7 Å². The van der Waals surface area contributed by atoms with E-state index in [0.29, 0.717) is 0 Å². The average molecular weight is 511 g/mol. The minimum Gasteiger partial charge on any atom is -0.469 e. The Morgan fingerprint density at radius 2 is 1.89 bits per heavy atom. The molecular formula is C24H38N4O6S. The predicted octanol–water partition coefficient (Wildman–Crippen LogP) is 3.04. The zero-order chi connectivity index (χ0) is 26.3. The van der Waals surface area contributed by atoms with Gasteiger partial charge in [0.15, 0.2) is 0 Å². The van der Waals surface area contributed by atoms with E-state index in [1.807, 2.05) is 13.8 Å². The van der Waals surface area contributed by atoms with Gasteiger partial charge in [-0.2, -0.15) is 0 Å². The summed E-state index contributed by atoms with van der Waals surface area (Å²) in [5.74, 6) is -1.83. The molecule has 0 bridgehead atoms. The van der Waals surface area contributed by atoms with E-state index >= 15 is 0 Å². The van der Waals surface area contributed by atoms with Crippen LogP contribution in [-0.2, 0) is 23.8 Å². The molecule has 10 nitrogen and oxygen atoms in total. The molecule has 1 unspecified atom stereocenters. The van der Waals surface area contributed by atoms with Crippen molar-refractivity contribution in [2.45, 2.75) is 84.6 Å². The Morgan fingerprint density at radius 1 is 1.23 bits per heavy atom. The van der Waals surface area contributed by atoms with Crippen molar-refractivity contribution in [2.75, 3.05) is 7.11 Å². The molecule has 1 fully saturated rings. The first-order valence-electron chi connectivity index (χ1n) is 11.9. The number of amides is 2. The zero-order valence-corrected chi connectivity index (χ0v) is 22.4. The van der Waals surface area contributed by atoms with E-state index in [-0.39, 0.29) is 23.4 Å². The van der Waals surface area contributed by atoms with Gasteiger partial charge >= 0.3 is 12.1 Å². The second kappa shape index (κ2) is 12.3. The van der Waals surface area contributed by atoms with Crippen LogP contribution in [0.4, 0.5) is 4.79 Å². The third-order valence-corrected chi connectivity index (χ3v) is 6.55. The normalized spacial score (nSPS) is 22.9. The van der Waals surface area contributed by atoms with E-state index in [0.717, 1.165) is 12.8 Å². The summed E-state index contributed by atoms with van der Waals surface area (Å²) in [6.45, 7) is 10.8. The highest BCUT2D eigenvalue weighted by atomic mass is 32.1. The van der Waals surface area contributed by atoms with E-state index in [4.69, 9.17) is 26.4 Å². The number of carbonyl (C=O) groups is 3. The van der Waals surface area contributed by atoms with Crippen LogP contribution in [0.3, 0.4) is 0 Å². The molecule has 5 atom stereocenters. The monoisotopic (exact) mass is 510 g/mol. The number of nitrogens with zero attached hydrogens (tertiary/aromatic N) is 2. The van der Waals surface area contributed by atoms with Crippen molar-refractivity contribution in [2.24, 2.45) is 17.8 Å². The summed E-state index contributed by atoms with van der Waals surface area (Å²) in [5.41, 5.74) is -0.703. The first-order valence-corrected chi connectivity index (χ1v) is 12.4. The van der Waals surface area contributed by atoms with Gasteiger partial charge in [-0.25, -0.2) is 9.78 Å². The van der Waals surface area contributed by atoms with Gasteiger partial charge in [0.25, 0.3) is 5.17 Å². The Bertz CT molecular complexity index is 881. The fraction of sp³-hybridized carbons (Fsp3) is 0.708.